The van der Waals surface area contributed by atoms with E-state index in [1.165, 1.54) is 12.1 Å². The van der Waals surface area contributed by atoms with E-state index in [1.54, 1.807) is 37.7 Å². The summed E-state index contributed by atoms with van der Waals surface area (Å²) in [7, 11) is 1.71. The summed E-state index contributed by atoms with van der Waals surface area (Å²) >= 11 is 0. The van der Waals surface area contributed by atoms with E-state index in [-0.39, 0.29) is 17.1 Å². The van der Waals surface area contributed by atoms with Crippen molar-refractivity contribution in [3.63, 3.8) is 0 Å². The Bertz CT molecular complexity index is 649. The highest BCUT2D eigenvalue weighted by Crippen LogP contribution is 2.27. The fraction of sp³-hybridized carbons (Fsp3) is 0.286. The first-order valence-electron chi connectivity index (χ1n) is 6.24. The molecule has 0 saturated heterocycles. The second-order valence-corrected chi connectivity index (χ2v) is 4.63. The third kappa shape index (κ3) is 3.56. The van der Waals surface area contributed by atoms with Gasteiger partial charge in [-0.2, -0.15) is 13.9 Å². The van der Waals surface area contributed by atoms with Crippen LogP contribution in [0, 0.1) is 13.8 Å². The number of anilines is 1. The fourth-order valence-corrected chi connectivity index (χ4v) is 1.78. The van der Waals surface area contributed by atoms with Crippen molar-refractivity contribution in [1.29, 1.82) is 0 Å². The zero-order valence-corrected chi connectivity index (χ0v) is 11.9. The molecular formula is C14H15F2N3O2. The Morgan fingerprint density at radius 2 is 2.05 bits per heavy atom. The lowest BCUT2D eigenvalue weighted by Gasteiger charge is -2.12. The van der Waals surface area contributed by atoms with E-state index < -0.39 is 12.5 Å². The lowest BCUT2D eigenvalue weighted by molar-refractivity contribution is -0.0494. The number of aryl methyl sites for hydroxylation is 3. The summed E-state index contributed by atoms with van der Waals surface area (Å²) in [4.78, 5) is 12.1. The van der Waals surface area contributed by atoms with Crippen LogP contribution < -0.4 is 10.1 Å². The molecule has 0 saturated carbocycles. The number of ether oxygens (including phenoxy) is 1. The average Bonchev–Trinajstić information content (AvgIpc) is 2.72. The second kappa shape index (κ2) is 5.90. The molecule has 0 bridgehead atoms. The molecule has 0 aliphatic carbocycles. The maximum atomic E-state index is 12.4. The molecule has 0 unspecified atom stereocenters. The Kier molecular flexibility index (Phi) is 4.21. The number of halogens is 2. The molecular weight excluding hydrogens is 280 g/mol. The smallest absolute Gasteiger partial charge is 0.387 e. The minimum Gasteiger partial charge on any atom is -0.433 e. The van der Waals surface area contributed by atoms with Gasteiger partial charge in [-0.3, -0.25) is 9.48 Å². The molecule has 0 aliphatic rings. The van der Waals surface area contributed by atoms with Crippen LogP contribution in [-0.2, 0) is 7.05 Å². The maximum Gasteiger partial charge on any atom is 0.387 e. The van der Waals surface area contributed by atoms with E-state index in [0.29, 0.717) is 0 Å². The summed E-state index contributed by atoms with van der Waals surface area (Å²) in [5, 5.41) is 6.56. The summed E-state index contributed by atoms with van der Waals surface area (Å²) in [6.07, 6.45) is 0. The third-order valence-electron chi connectivity index (χ3n) is 2.95. The van der Waals surface area contributed by atoms with Gasteiger partial charge in [0.1, 0.15) is 5.75 Å². The van der Waals surface area contributed by atoms with Gasteiger partial charge in [-0.15, -0.1) is 0 Å². The predicted octanol–water partition coefficient (Wildman–Crippen LogP) is 2.89. The van der Waals surface area contributed by atoms with Gasteiger partial charge in [0.25, 0.3) is 5.91 Å². The zero-order chi connectivity index (χ0) is 15.6. The maximum absolute atomic E-state index is 12.4. The van der Waals surface area contributed by atoms with Crippen LogP contribution in [0.1, 0.15) is 21.7 Å². The Labute approximate surface area is 120 Å². The molecule has 1 N–H and O–H groups in total. The van der Waals surface area contributed by atoms with E-state index in [9.17, 15) is 13.6 Å². The van der Waals surface area contributed by atoms with E-state index in [1.807, 2.05) is 0 Å². The van der Waals surface area contributed by atoms with Crippen molar-refractivity contribution < 1.29 is 18.3 Å². The van der Waals surface area contributed by atoms with Crippen LogP contribution in [0.2, 0.25) is 0 Å². The van der Waals surface area contributed by atoms with Crippen LogP contribution in [-0.4, -0.2) is 22.3 Å². The van der Waals surface area contributed by atoms with E-state index in [0.717, 1.165) is 11.3 Å². The molecule has 0 radical (unpaired) electrons. The monoisotopic (exact) mass is 295 g/mol. The number of amides is 1. The number of nitrogens with zero attached hydrogens (tertiary/aromatic N) is 2. The van der Waals surface area contributed by atoms with Gasteiger partial charge in [0.2, 0.25) is 0 Å². The van der Waals surface area contributed by atoms with Crippen LogP contribution in [0.25, 0.3) is 0 Å². The van der Waals surface area contributed by atoms with Gasteiger partial charge >= 0.3 is 6.61 Å². The minimum atomic E-state index is -2.96. The van der Waals surface area contributed by atoms with Gasteiger partial charge in [-0.25, -0.2) is 0 Å². The van der Waals surface area contributed by atoms with Crippen molar-refractivity contribution in [3.8, 4) is 5.75 Å². The van der Waals surface area contributed by atoms with E-state index in [4.69, 9.17) is 0 Å². The van der Waals surface area contributed by atoms with Crippen molar-refractivity contribution >= 4 is 11.6 Å². The fourth-order valence-electron chi connectivity index (χ4n) is 1.78. The zero-order valence-electron chi connectivity index (χ0n) is 11.9. The number of benzene rings is 1. The summed E-state index contributed by atoms with van der Waals surface area (Å²) < 4.78 is 30.8. The van der Waals surface area contributed by atoms with Crippen LogP contribution in [0.15, 0.2) is 24.3 Å². The predicted molar refractivity (Wildman–Crippen MR) is 73.7 cm³/mol. The van der Waals surface area contributed by atoms with Crippen molar-refractivity contribution in [1.82, 2.24) is 9.78 Å². The normalized spacial score (nSPS) is 10.8. The molecule has 1 heterocycles. The number of aromatic nitrogens is 2. The Balaban J connectivity index is 2.24. The van der Waals surface area contributed by atoms with Crippen LogP contribution >= 0.6 is 0 Å². The molecule has 5 nitrogen and oxygen atoms in total. The highest BCUT2D eigenvalue weighted by atomic mass is 19.3. The Morgan fingerprint density at radius 3 is 2.62 bits per heavy atom. The number of rotatable bonds is 4. The number of nitrogens with one attached hydrogen (secondary N) is 1. The number of carbonyl (C=O) groups is 1. The second-order valence-electron chi connectivity index (χ2n) is 4.63. The quantitative estimate of drug-likeness (QED) is 0.943. The molecule has 0 aliphatic heterocycles. The van der Waals surface area contributed by atoms with E-state index >= 15 is 0 Å². The standard InChI is InChI=1S/C14H15F2N3O2/c1-8-4-5-10(12(6-8)21-14(15)16)17-13(20)11-7-9(2)19(3)18-11/h4-7,14H,1-3H3,(H,17,20). The van der Waals surface area contributed by atoms with Crippen molar-refractivity contribution in [3.05, 3.63) is 41.2 Å². The molecule has 0 atom stereocenters. The van der Waals surface area contributed by atoms with Crippen molar-refractivity contribution in [2.75, 3.05) is 5.32 Å². The summed E-state index contributed by atoms with van der Waals surface area (Å²) in [5.74, 6) is -0.562. The first-order valence-corrected chi connectivity index (χ1v) is 6.24. The molecule has 1 amide bonds. The summed E-state index contributed by atoms with van der Waals surface area (Å²) in [5.41, 5.74) is 1.94. The van der Waals surface area contributed by atoms with Gasteiger partial charge in [0.15, 0.2) is 5.69 Å². The van der Waals surface area contributed by atoms with Gasteiger partial charge in [-0.1, -0.05) is 6.07 Å². The summed E-state index contributed by atoms with van der Waals surface area (Å²) in [6.45, 7) is 0.590. The van der Waals surface area contributed by atoms with Crippen molar-refractivity contribution in [2.24, 2.45) is 7.05 Å². The molecule has 2 aromatic rings. The largest absolute Gasteiger partial charge is 0.433 e. The molecule has 1 aromatic carbocycles. The highest BCUT2D eigenvalue weighted by Gasteiger charge is 2.15. The van der Waals surface area contributed by atoms with E-state index in [2.05, 4.69) is 15.2 Å². The Morgan fingerprint density at radius 1 is 1.33 bits per heavy atom. The average molecular weight is 295 g/mol. The van der Waals surface area contributed by atoms with Crippen molar-refractivity contribution in [2.45, 2.75) is 20.5 Å². The number of alkyl halides is 2. The van der Waals surface area contributed by atoms with Gasteiger partial charge in [0, 0.05) is 12.7 Å². The molecule has 2 rings (SSSR count). The highest BCUT2D eigenvalue weighted by molar-refractivity contribution is 6.03. The SMILES string of the molecule is Cc1ccc(NC(=O)c2cc(C)n(C)n2)c(OC(F)F)c1. The summed E-state index contributed by atoms with van der Waals surface area (Å²) in [6, 6.07) is 6.25. The molecule has 21 heavy (non-hydrogen) atoms. The van der Waals surface area contributed by atoms with Crippen LogP contribution in [0.4, 0.5) is 14.5 Å². The first kappa shape index (κ1) is 15.0. The topological polar surface area (TPSA) is 56.2 Å². The third-order valence-corrected chi connectivity index (χ3v) is 2.95. The molecule has 7 heteroatoms. The van der Waals surface area contributed by atoms with Crippen LogP contribution in [0.5, 0.6) is 5.75 Å². The Hall–Kier alpha value is -2.44. The van der Waals surface area contributed by atoms with Gasteiger partial charge in [0.05, 0.1) is 5.69 Å². The first-order chi connectivity index (χ1) is 9.86. The number of carbonyl (C=O) groups excluding carboxylic acids is 1. The van der Waals surface area contributed by atoms with Gasteiger partial charge in [-0.05, 0) is 37.6 Å². The minimum absolute atomic E-state index is 0.0778. The number of hydrogen-bond donors (Lipinski definition) is 1. The molecule has 1 aromatic heterocycles. The molecule has 0 fully saturated rings. The lowest BCUT2D eigenvalue weighted by atomic mass is 10.2. The molecule has 112 valence electrons. The van der Waals surface area contributed by atoms with Crippen LogP contribution in [0.3, 0.4) is 0 Å². The lowest BCUT2D eigenvalue weighted by Crippen LogP contribution is -2.15. The number of hydrogen-bond acceptors (Lipinski definition) is 3. The van der Waals surface area contributed by atoms with Gasteiger partial charge < -0.3 is 10.1 Å². The molecule has 0 spiro atoms.